The van der Waals surface area contributed by atoms with Crippen molar-refractivity contribution in [2.75, 3.05) is 13.2 Å². The lowest BCUT2D eigenvalue weighted by molar-refractivity contribution is -0.0734. The van der Waals surface area contributed by atoms with Crippen molar-refractivity contribution < 1.29 is 27.8 Å². The third-order valence-corrected chi connectivity index (χ3v) is 6.46. The Hall–Kier alpha value is -3.32. The molecule has 7 heteroatoms. The van der Waals surface area contributed by atoms with Crippen LogP contribution < -0.4 is 0 Å². The van der Waals surface area contributed by atoms with Crippen LogP contribution in [0.25, 0.3) is 11.1 Å². The van der Waals surface area contributed by atoms with Gasteiger partial charge >= 0.3 is 6.09 Å². The lowest BCUT2D eigenvalue weighted by Gasteiger charge is -2.44. The van der Waals surface area contributed by atoms with Crippen molar-refractivity contribution in [2.45, 2.75) is 37.8 Å². The molecule has 1 saturated heterocycles. The van der Waals surface area contributed by atoms with Gasteiger partial charge in [0.25, 0.3) is 0 Å². The zero-order valence-electron chi connectivity index (χ0n) is 18.8. The molecular weight excluding hydrogens is 443 g/mol. The zero-order chi connectivity index (χ0) is 24.3. The molecule has 0 bridgehead atoms. The summed E-state index contributed by atoms with van der Waals surface area (Å²) < 4.78 is 46.7. The van der Waals surface area contributed by atoms with Crippen molar-refractivity contribution in [2.24, 2.45) is 0 Å². The second kappa shape index (κ2) is 9.89. The predicted molar refractivity (Wildman–Crippen MR) is 122 cm³/mol. The molecule has 1 aliphatic rings. The van der Waals surface area contributed by atoms with E-state index >= 15 is 0 Å². The SMILES string of the molecule is CC[C@@H](c1ccc(-c2ccc(F)cc2F)cc1)N1CC[C@@](CCO)(c2ccc(F)cc2)OC1=O. The average molecular weight is 470 g/mol. The van der Waals surface area contributed by atoms with E-state index in [1.165, 1.54) is 24.3 Å². The van der Waals surface area contributed by atoms with E-state index in [1.807, 2.05) is 19.1 Å². The Bertz CT molecular complexity index is 1150. The van der Waals surface area contributed by atoms with Crippen molar-refractivity contribution >= 4 is 6.09 Å². The number of hydrogen-bond donors (Lipinski definition) is 1. The Labute approximate surface area is 196 Å². The molecule has 34 heavy (non-hydrogen) atoms. The number of benzene rings is 3. The molecular formula is C27H26F3NO3. The first-order valence-corrected chi connectivity index (χ1v) is 11.3. The second-order valence-corrected chi connectivity index (χ2v) is 8.46. The molecule has 178 valence electrons. The Kier molecular flexibility index (Phi) is 6.93. The van der Waals surface area contributed by atoms with Gasteiger partial charge in [-0.25, -0.2) is 18.0 Å². The Morgan fingerprint density at radius 1 is 1.00 bits per heavy atom. The molecule has 1 heterocycles. The monoisotopic (exact) mass is 469 g/mol. The highest BCUT2D eigenvalue weighted by atomic mass is 19.1. The molecule has 2 atom stereocenters. The van der Waals surface area contributed by atoms with E-state index in [2.05, 4.69) is 0 Å². The predicted octanol–water partition coefficient (Wildman–Crippen LogP) is 6.34. The highest BCUT2D eigenvalue weighted by molar-refractivity contribution is 5.70. The van der Waals surface area contributed by atoms with Crippen LogP contribution in [0, 0.1) is 17.5 Å². The molecule has 1 aliphatic heterocycles. The standard InChI is InChI=1S/C27H26F3NO3/c1-2-25(19-5-3-18(4-6-19)23-12-11-22(29)17-24(23)30)31-15-13-27(14-16-32,34-26(31)33)20-7-9-21(28)10-8-20/h3-12,17,25,32H,2,13-16H2,1H3/t25-,27+/m0/s1. The van der Waals surface area contributed by atoms with E-state index in [0.717, 1.165) is 11.6 Å². The summed E-state index contributed by atoms with van der Waals surface area (Å²) in [6.45, 7) is 2.17. The van der Waals surface area contributed by atoms with Crippen molar-refractivity contribution in [1.82, 2.24) is 4.90 Å². The number of amides is 1. The number of hydrogen-bond acceptors (Lipinski definition) is 3. The molecule has 0 saturated carbocycles. The van der Waals surface area contributed by atoms with Crippen LogP contribution in [0.3, 0.4) is 0 Å². The molecule has 1 N–H and O–H groups in total. The van der Waals surface area contributed by atoms with E-state index in [4.69, 9.17) is 4.74 Å². The van der Waals surface area contributed by atoms with E-state index in [0.29, 0.717) is 36.1 Å². The first kappa shape index (κ1) is 23.8. The second-order valence-electron chi connectivity index (χ2n) is 8.46. The summed E-state index contributed by atoms with van der Waals surface area (Å²) in [7, 11) is 0. The fourth-order valence-corrected chi connectivity index (χ4v) is 4.65. The normalized spacial score (nSPS) is 19.1. The van der Waals surface area contributed by atoms with Gasteiger partial charge in [-0.2, -0.15) is 0 Å². The summed E-state index contributed by atoms with van der Waals surface area (Å²) in [5.74, 6) is -1.66. The van der Waals surface area contributed by atoms with Crippen molar-refractivity contribution in [3.8, 4) is 11.1 Å². The van der Waals surface area contributed by atoms with Gasteiger partial charge in [-0.1, -0.05) is 43.3 Å². The van der Waals surface area contributed by atoms with Crippen LogP contribution in [-0.2, 0) is 10.3 Å². The van der Waals surface area contributed by atoms with Crippen molar-refractivity contribution in [1.29, 1.82) is 0 Å². The van der Waals surface area contributed by atoms with Gasteiger partial charge in [0.15, 0.2) is 0 Å². The van der Waals surface area contributed by atoms with Crippen LogP contribution in [-0.4, -0.2) is 29.3 Å². The van der Waals surface area contributed by atoms with Gasteiger partial charge < -0.3 is 14.7 Å². The lowest BCUT2D eigenvalue weighted by atomic mass is 9.85. The summed E-state index contributed by atoms with van der Waals surface area (Å²) in [5.41, 5.74) is 1.40. The van der Waals surface area contributed by atoms with E-state index in [-0.39, 0.29) is 24.9 Å². The number of carbonyl (C=O) groups is 1. The fourth-order valence-electron chi connectivity index (χ4n) is 4.65. The van der Waals surface area contributed by atoms with Gasteiger partial charge in [-0.05, 0) is 47.4 Å². The van der Waals surface area contributed by atoms with Crippen molar-refractivity contribution in [3.63, 3.8) is 0 Å². The summed E-state index contributed by atoms with van der Waals surface area (Å²) in [4.78, 5) is 14.8. The maximum Gasteiger partial charge on any atom is 0.411 e. The highest BCUT2D eigenvalue weighted by Gasteiger charge is 2.43. The number of rotatable bonds is 7. The van der Waals surface area contributed by atoms with Crippen LogP contribution in [0.2, 0.25) is 0 Å². The van der Waals surface area contributed by atoms with Gasteiger partial charge in [-0.15, -0.1) is 0 Å². The molecule has 0 aliphatic carbocycles. The quantitative estimate of drug-likeness (QED) is 0.439. The lowest BCUT2D eigenvalue weighted by Crippen LogP contribution is -2.49. The zero-order valence-corrected chi connectivity index (χ0v) is 18.8. The van der Waals surface area contributed by atoms with Gasteiger partial charge in [0.05, 0.1) is 6.04 Å². The van der Waals surface area contributed by atoms with Crippen LogP contribution in [0.4, 0.5) is 18.0 Å². The number of ether oxygens (including phenoxy) is 1. The first-order chi connectivity index (χ1) is 16.4. The Morgan fingerprint density at radius 3 is 2.26 bits per heavy atom. The number of halogens is 3. The third kappa shape index (κ3) is 4.66. The molecule has 0 unspecified atom stereocenters. The molecule has 3 aromatic rings. The van der Waals surface area contributed by atoms with Gasteiger partial charge in [-0.3, -0.25) is 0 Å². The van der Waals surface area contributed by atoms with E-state index in [1.54, 1.807) is 29.2 Å². The summed E-state index contributed by atoms with van der Waals surface area (Å²) in [5, 5.41) is 9.61. The fraction of sp³-hybridized carbons (Fsp3) is 0.296. The number of aliphatic hydroxyl groups is 1. The van der Waals surface area contributed by atoms with E-state index in [9.17, 15) is 23.1 Å². The summed E-state index contributed by atoms with van der Waals surface area (Å²) >= 11 is 0. The minimum atomic E-state index is -1.02. The number of cyclic esters (lactones) is 1. The molecule has 0 radical (unpaired) electrons. The average Bonchev–Trinajstić information content (AvgIpc) is 2.82. The molecule has 4 rings (SSSR count). The highest BCUT2D eigenvalue weighted by Crippen LogP contribution is 2.40. The number of aliphatic hydroxyl groups excluding tert-OH is 1. The smallest absolute Gasteiger partial charge is 0.411 e. The summed E-state index contributed by atoms with van der Waals surface area (Å²) in [6, 6.07) is 16.1. The molecule has 3 aromatic carbocycles. The minimum Gasteiger partial charge on any atom is -0.438 e. The number of carbonyl (C=O) groups excluding carboxylic acids is 1. The topological polar surface area (TPSA) is 49.8 Å². The van der Waals surface area contributed by atoms with Crippen LogP contribution >= 0.6 is 0 Å². The van der Waals surface area contributed by atoms with Gasteiger partial charge in [0, 0.05) is 37.6 Å². The first-order valence-electron chi connectivity index (χ1n) is 11.3. The van der Waals surface area contributed by atoms with Crippen molar-refractivity contribution in [3.05, 3.63) is 95.3 Å². The molecule has 0 spiro atoms. The van der Waals surface area contributed by atoms with Crippen LogP contribution in [0.15, 0.2) is 66.7 Å². The maximum absolute atomic E-state index is 14.2. The minimum absolute atomic E-state index is 0.177. The molecule has 1 amide bonds. The Balaban J connectivity index is 1.55. The van der Waals surface area contributed by atoms with Gasteiger partial charge in [0.1, 0.15) is 23.1 Å². The summed E-state index contributed by atoms with van der Waals surface area (Å²) in [6.07, 6.45) is 0.778. The Morgan fingerprint density at radius 2 is 1.68 bits per heavy atom. The van der Waals surface area contributed by atoms with E-state index < -0.39 is 23.3 Å². The van der Waals surface area contributed by atoms with Crippen LogP contribution in [0.1, 0.15) is 43.4 Å². The molecule has 1 fully saturated rings. The number of nitrogens with zero attached hydrogens (tertiary/aromatic N) is 1. The van der Waals surface area contributed by atoms with Gasteiger partial charge in [0.2, 0.25) is 0 Å². The largest absolute Gasteiger partial charge is 0.438 e. The third-order valence-electron chi connectivity index (χ3n) is 6.46. The maximum atomic E-state index is 14.2. The molecule has 0 aromatic heterocycles. The molecule has 4 nitrogen and oxygen atoms in total. The van der Waals surface area contributed by atoms with Crippen LogP contribution in [0.5, 0.6) is 0 Å².